The molecular weight excluding hydrogens is 272 g/mol. The van der Waals surface area contributed by atoms with E-state index in [9.17, 15) is 0 Å². The van der Waals surface area contributed by atoms with Gasteiger partial charge in [0.15, 0.2) is 5.01 Å². The third-order valence-corrected chi connectivity index (χ3v) is 4.50. The summed E-state index contributed by atoms with van der Waals surface area (Å²) in [6, 6.07) is 6.13. The van der Waals surface area contributed by atoms with Gasteiger partial charge in [0.25, 0.3) is 0 Å². The third-order valence-electron chi connectivity index (χ3n) is 3.62. The van der Waals surface area contributed by atoms with Gasteiger partial charge in [-0.15, -0.1) is 10.2 Å². The van der Waals surface area contributed by atoms with E-state index in [2.05, 4.69) is 20.5 Å². The van der Waals surface area contributed by atoms with Crippen molar-refractivity contribution < 1.29 is 4.74 Å². The summed E-state index contributed by atoms with van der Waals surface area (Å²) in [4.78, 5) is 4.30. The lowest BCUT2D eigenvalue weighted by Gasteiger charge is -2.30. The molecule has 1 saturated carbocycles. The summed E-state index contributed by atoms with van der Waals surface area (Å²) in [5, 5.41) is 13.6. The Morgan fingerprint density at radius 2 is 2.15 bits per heavy atom. The number of pyridine rings is 1. The van der Waals surface area contributed by atoms with Gasteiger partial charge in [0.2, 0.25) is 5.13 Å². The number of nitrogens with one attached hydrogen (secondary N) is 1. The van der Waals surface area contributed by atoms with Crippen molar-refractivity contribution in [2.24, 2.45) is 0 Å². The Morgan fingerprint density at radius 1 is 1.25 bits per heavy atom. The highest BCUT2D eigenvalue weighted by Crippen LogP contribution is 2.28. The van der Waals surface area contributed by atoms with Crippen LogP contribution in [0.3, 0.4) is 0 Å². The van der Waals surface area contributed by atoms with Gasteiger partial charge in [-0.1, -0.05) is 30.2 Å². The van der Waals surface area contributed by atoms with Crippen molar-refractivity contribution in [2.45, 2.75) is 37.8 Å². The van der Waals surface area contributed by atoms with Gasteiger partial charge in [0, 0.05) is 13.3 Å². The quantitative estimate of drug-likeness (QED) is 0.938. The highest BCUT2D eigenvalue weighted by atomic mass is 32.1. The average Bonchev–Trinajstić information content (AvgIpc) is 2.97. The lowest BCUT2D eigenvalue weighted by molar-refractivity contribution is 0.0606. The van der Waals surface area contributed by atoms with Gasteiger partial charge in [-0.2, -0.15) is 0 Å². The van der Waals surface area contributed by atoms with Crippen LogP contribution in [0.15, 0.2) is 24.4 Å². The van der Waals surface area contributed by atoms with Crippen LogP contribution < -0.4 is 5.32 Å². The molecule has 1 aliphatic carbocycles. The van der Waals surface area contributed by atoms with Crippen LogP contribution >= 0.6 is 11.3 Å². The lowest BCUT2D eigenvalue weighted by atomic mass is 9.92. The molecule has 1 fully saturated rings. The van der Waals surface area contributed by atoms with Gasteiger partial charge >= 0.3 is 0 Å². The third kappa shape index (κ3) is 2.96. The molecule has 0 bridgehead atoms. The van der Waals surface area contributed by atoms with Crippen molar-refractivity contribution in [3.63, 3.8) is 0 Å². The second kappa shape index (κ2) is 6.28. The van der Waals surface area contributed by atoms with Crippen LogP contribution in [0, 0.1) is 0 Å². The highest BCUT2D eigenvalue weighted by molar-refractivity contribution is 7.18. The topological polar surface area (TPSA) is 59.9 Å². The number of anilines is 1. The van der Waals surface area contributed by atoms with Crippen LogP contribution in [-0.4, -0.2) is 34.4 Å². The smallest absolute Gasteiger partial charge is 0.206 e. The van der Waals surface area contributed by atoms with E-state index >= 15 is 0 Å². The van der Waals surface area contributed by atoms with E-state index in [-0.39, 0.29) is 6.10 Å². The fourth-order valence-electron chi connectivity index (χ4n) is 2.58. The molecule has 2 aromatic heterocycles. The second-order valence-corrected chi connectivity index (χ2v) is 5.91. The Labute approximate surface area is 122 Å². The molecule has 1 N–H and O–H groups in total. The molecule has 1 aliphatic rings. The van der Waals surface area contributed by atoms with Crippen molar-refractivity contribution in [3.05, 3.63) is 24.4 Å². The van der Waals surface area contributed by atoms with Crippen molar-refractivity contribution in [1.82, 2.24) is 15.2 Å². The number of nitrogens with zero attached hydrogens (tertiary/aromatic N) is 3. The standard InChI is InChI=1S/C14H18N4OS/c1-19-12-8-3-2-6-10(12)16-14-18-17-13(20-14)11-7-4-5-9-15-11/h4-5,7,9-10,12H,2-3,6,8H2,1H3,(H,16,18)/t10-,12+/m1/s1. The second-order valence-electron chi connectivity index (χ2n) is 4.94. The van der Waals surface area contributed by atoms with Crippen molar-refractivity contribution in [3.8, 4) is 10.7 Å². The van der Waals surface area contributed by atoms with Gasteiger partial charge < -0.3 is 10.1 Å². The summed E-state index contributed by atoms with van der Waals surface area (Å²) in [6.07, 6.45) is 6.75. The van der Waals surface area contributed by atoms with E-state index in [4.69, 9.17) is 4.74 Å². The van der Waals surface area contributed by atoms with Crippen LogP contribution in [0.2, 0.25) is 0 Å². The molecule has 5 nitrogen and oxygen atoms in total. The SMILES string of the molecule is CO[C@H]1CCCC[C@H]1Nc1nnc(-c2ccccn2)s1. The zero-order valence-electron chi connectivity index (χ0n) is 11.5. The minimum absolute atomic E-state index is 0.269. The Kier molecular flexibility index (Phi) is 4.22. The molecule has 2 heterocycles. The maximum atomic E-state index is 5.55. The van der Waals surface area contributed by atoms with Gasteiger partial charge in [-0.05, 0) is 25.0 Å². The minimum Gasteiger partial charge on any atom is -0.379 e. The number of hydrogen-bond donors (Lipinski definition) is 1. The molecule has 0 unspecified atom stereocenters. The minimum atomic E-state index is 0.269. The number of aromatic nitrogens is 3. The lowest BCUT2D eigenvalue weighted by Crippen LogP contribution is -2.37. The van der Waals surface area contributed by atoms with Crippen molar-refractivity contribution in [1.29, 1.82) is 0 Å². The highest BCUT2D eigenvalue weighted by Gasteiger charge is 2.25. The van der Waals surface area contributed by atoms with Crippen LogP contribution in [0.5, 0.6) is 0 Å². The zero-order valence-corrected chi connectivity index (χ0v) is 12.3. The van der Waals surface area contributed by atoms with Gasteiger partial charge in [0.05, 0.1) is 12.1 Å². The van der Waals surface area contributed by atoms with E-state index in [1.54, 1.807) is 24.6 Å². The van der Waals surface area contributed by atoms with Gasteiger partial charge in [-0.25, -0.2) is 0 Å². The summed E-state index contributed by atoms with van der Waals surface area (Å²) >= 11 is 1.54. The average molecular weight is 290 g/mol. The Balaban J connectivity index is 1.71. The number of ether oxygens (including phenoxy) is 1. The van der Waals surface area contributed by atoms with E-state index in [0.717, 1.165) is 28.7 Å². The molecule has 2 atom stereocenters. The number of hydrogen-bond acceptors (Lipinski definition) is 6. The molecule has 0 aliphatic heterocycles. The molecule has 3 rings (SSSR count). The maximum absolute atomic E-state index is 5.55. The molecule has 0 amide bonds. The molecule has 0 radical (unpaired) electrons. The van der Waals surface area contributed by atoms with Gasteiger partial charge in [0.1, 0.15) is 5.69 Å². The molecule has 106 valence electrons. The molecular formula is C14H18N4OS. The molecule has 2 aromatic rings. The Morgan fingerprint density at radius 3 is 2.95 bits per heavy atom. The van der Waals surface area contributed by atoms with E-state index in [0.29, 0.717) is 6.04 Å². The Hall–Kier alpha value is -1.53. The van der Waals surface area contributed by atoms with Crippen LogP contribution in [0.1, 0.15) is 25.7 Å². The first kappa shape index (κ1) is 13.5. The van der Waals surface area contributed by atoms with Crippen LogP contribution in [0.25, 0.3) is 10.7 Å². The predicted octanol–water partition coefficient (Wildman–Crippen LogP) is 2.97. The van der Waals surface area contributed by atoms with Crippen molar-refractivity contribution >= 4 is 16.5 Å². The maximum Gasteiger partial charge on any atom is 0.206 e. The van der Waals surface area contributed by atoms with E-state index in [1.165, 1.54) is 12.8 Å². The molecule has 20 heavy (non-hydrogen) atoms. The summed E-state index contributed by atoms with van der Waals surface area (Å²) in [7, 11) is 1.78. The van der Waals surface area contributed by atoms with Crippen LogP contribution in [0.4, 0.5) is 5.13 Å². The first-order valence-electron chi connectivity index (χ1n) is 6.91. The first-order valence-corrected chi connectivity index (χ1v) is 7.72. The Bertz CT molecular complexity index is 545. The van der Waals surface area contributed by atoms with Gasteiger partial charge in [-0.3, -0.25) is 4.98 Å². The molecule has 0 saturated heterocycles. The van der Waals surface area contributed by atoms with E-state index < -0.39 is 0 Å². The number of rotatable bonds is 4. The normalized spacial score (nSPS) is 22.6. The summed E-state index contributed by atoms with van der Waals surface area (Å²) < 4.78 is 5.55. The fraction of sp³-hybridized carbons (Fsp3) is 0.500. The largest absolute Gasteiger partial charge is 0.379 e. The predicted molar refractivity (Wildman–Crippen MR) is 79.8 cm³/mol. The summed E-state index contributed by atoms with van der Waals surface area (Å²) in [6.45, 7) is 0. The fourth-order valence-corrected chi connectivity index (χ4v) is 3.36. The van der Waals surface area contributed by atoms with Crippen LogP contribution in [-0.2, 0) is 4.74 Å². The molecule has 0 aromatic carbocycles. The summed E-state index contributed by atoms with van der Waals surface area (Å²) in [5.74, 6) is 0. The zero-order chi connectivity index (χ0) is 13.8. The van der Waals surface area contributed by atoms with E-state index in [1.807, 2.05) is 18.2 Å². The molecule has 6 heteroatoms. The molecule has 0 spiro atoms. The van der Waals surface area contributed by atoms with Crippen molar-refractivity contribution in [2.75, 3.05) is 12.4 Å². The number of methoxy groups -OCH3 is 1. The summed E-state index contributed by atoms with van der Waals surface area (Å²) in [5.41, 5.74) is 0.866. The monoisotopic (exact) mass is 290 g/mol. The first-order chi connectivity index (χ1) is 9.86.